The molecule has 0 bridgehead atoms. The number of fused-ring (bicyclic) bond motifs is 3. The first kappa shape index (κ1) is 12.9. The number of rotatable bonds is 2. The van der Waals surface area contributed by atoms with Crippen molar-refractivity contribution in [2.24, 2.45) is 0 Å². The number of anilines is 1. The number of nitrogens with zero attached hydrogens (tertiary/aromatic N) is 2. The Balaban J connectivity index is 1.76. The van der Waals surface area contributed by atoms with Gasteiger partial charge in [-0.2, -0.15) is 0 Å². The average molecular weight is 281 g/mol. The number of nitrogens with one attached hydrogen (secondary N) is 1. The fourth-order valence-corrected chi connectivity index (χ4v) is 3.76. The van der Waals surface area contributed by atoms with Gasteiger partial charge in [0, 0.05) is 12.2 Å². The van der Waals surface area contributed by atoms with Gasteiger partial charge in [-0.15, -0.1) is 0 Å². The minimum atomic E-state index is 0.460. The molecule has 0 fully saturated rings. The molecule has 2 aromatic rings. The van der Waals surface area contributed by atoms with E-state index in [0.717, 1.165) is 31.8 Å². The lowest BCUT2D eigenvalue weighted by Crippen LogP contribution is -2.25. The van der Waals surface area contributed by atoms with E-state index in [2.05, 4.69) is 41.1 Å². The van der Waals surface area contributed by atoms with E-state index in [0.29, 0.717) is 6.04 Å². The Kier molecular flexibility index (Phi) is 3.21. The first-order valence-electron chi connectivity index (χ1n) is 8.29. The Hall–Kier alpha value is -1.77. The largest absolute Gasteiger partial charge is 0.356 e. The van der Waals surface area contributed by atoms with E-state index < -0.39 is 0 Å². The molecule has 4 rings (SSSR count). The van der Waals surface area contributed by atoms with Crippen molar-refractivity contribution in [2.45, 2.75) is 51.5 Å². The van der Waals surface area contributed by atoms with Gasteiger partial charge in [-0.3, -0.25) is 0 Å². The molecule has 0 radical (unpaired) electrons. The molecular weight excluding hydrogens is 258 g/mol. The molecule has 0 saturated heterocycles. The van der Waals surface area contributed by atoms with Gasteiger partial charge in [0.05, 0.1) is 11.7 Å². The number of benzene rings is 1. The number of imidazole rings is 1. The maximum atomic E-state index is 4.85. The Bertz CT molecular complexity index is 639. The van der Waals surface area contributed by atoms with Crippen LogP contribution in [0.5, 0.6) is 0 Å². The van der Waals surface area contributed by atoms with Crippen molar-refractivity contribution in [2.75, 3.05) is 11.9 Å². The molecule has 3 heteroatoms. The molecule has 1 unspecified atom stereocenters. The summed E-state index contributed by atoms with van der Waals surface area (Å²) in [4.78, 5) is 4.85. The Morgan fingerprint density at radius 3 is 2.81 bits per heavy atom. The predicted molar refractivity (Wildman–Crippen MR) is 85.9 cm³/mol. The molecule has 1 aromatic heterocycles. The summed E-state index contributed by atoms with van der Waals surface area (Å²) in [5.74, 6) is 1.10. The second kappa shape index (κ2) is 5.21. The smallest absolute Gasteiger partial charge is 0.203 e. The summed E-state index contributed by atoms with van der Waals surface area (Å²) in [6.45, 7) is 3.24. The summed E-state index contributed by atoms with van der Waals surface area (Å²) < 4.78 is 2.49. The van der Waals surface area contributed by atoms with Gasteiger partial charge in [0.25, 0.3) is 0 Å². The third kappa shape index (κ3) is 2.15. The fourth-order valence-electron chi connectivity index (χ4n) is 3.76. The van der Waals surface area contributed by atoms with Crippen LogP contribution in [-0.2, 0) is 19.3 Å². The molecule has 1 aromatic carbocycles. The number of aromatic nitrogens is 2. The summed E-state index contributed by atoms with van der Waals surface area (Å²) in [6, 6.07) is 9.64. The van der Waals surface area contributed by atoms with E-state index in [1.807, 2.05) is 0 Å². The summed E-state index contributed by atoms with van der Waals surface area (Å²) in [5, 5.41) is 3.49. The van der Waals surface area contributed by atoms with Crippen LogP contribution in [0, 0.1) is 0 Å². The topological polar surface area (TPSA) is 29.9 Å². The van der Waals surface area contributed by atoms with Crippen LogP contribution in [0.2, 0.25) is 0 Å². The van der Waals surface area contributed by atoms with Crippen molar-refractivity contribution in [3.63, 3.8) is 0 Å². The quantitative estimate of drug-likeness (QED) is 0.909. The van der Waals surface area contributed by atoms with E-state index in [-0.39, 0.29) is 0 Å². The van der Waals surface area contributed by atoms with Gasteiger partial charge in [0.1, 0.15) is 0 Å². The Morgan fingerprint density at radius 2 is 2.00 bits per heavy atom. The molecule has 2 aliphatic rings. The van der Waals surface area contributed by atoms with Crippen LogP contribution in [-0.4, -0.2) is 16.1 Å². The lowest BCUT2D eigenvalue weighted by atomic mass is 9.97. The Labute approximate surface area is 126 Å². The van der Waals surface area contributed by atoms with Crippen molar-refractivity contribution in [3.05, 3.63) is 46.8 Å². The molecule has 0 spiro atoms. The SMILES string of the molecule is CCc1ccc(C2CCNc3nc4c(n32)CCCC4)cc1. The van der Waals surface area contributed by atoms with Crippen LogP contribution < -0.4 is 5.32 Å². The van der Waals surface area contributed by atoms with Crippen LogP contribution in [0.4, 0.5) is 5.95 Å². The summed E-state index contributed by atoms with van der Waals surface area (Å²) >= 11 is 0. The van der Waals surface area contributed by atoms with Crippen LogP contribution in [0.25, 0.3) is 0 Å². The summed E-state index contributed by atoms with van der Waals surface area (Å²) in [5.41, 5.74) is 5.66. The van der Waals surface area contributed by atoms with Crippen LogP contribution in [0.1, 0.15) is 54.7 Å². The molecule has 1 atom stereocenters. The van der Waals surface area contributed by atoms with Crippen molar-refractivity contribution >= 4 is 5.95 Å². The number of hydrogen-bond donors (Lipinski definition) is 1. The minimum Gasteiger partial charge on any atom is -0.356 e. The maximum absolute atomic E-state index is 4.85. The van der Waals surface area contributed by atoms with Gasteiger partial charge in [0.2, 0.25) is 5.95 Å². The van der Waals surface area contributed by atoms with Crippen LogP contribution in [0.15, 0.2) is 24.3 Å². The first-order valence-corrected chi connectivity index (χ1v) is 8.29. The molecule has 1 N–H and O–H groups in total. The lowest BCUT2D eigenvalue weighted by Gasteiger charge is -2.29. The third-order valence-corrected chi connectivity index (χ3v) is 4.96. The zero-order chi connectivity index (χ0) is 14.2. The van der Waals surface area contributed by atoms with Gasteiger partial charge in [-0.1, -0.05) is 31.2 Å². The molecule has 2 heterocycles. The van der Waals surface area contributed by atoms with E-state index in [1.165, 1.54) is 41.8 Å². The van der Waals surface area contributed by atoms with Crippen molar-refractivity contribution in [1.82, 2.24) is 9.55 Å². The molecule has 3 nitrogen and oxygen atoms in total. The lowest BCUT2D eigenvalue weighted by molar-refractivity contribution is 0.501. The van der Waals surface area contributed by atoms with Gasteiger partial charge in [0.15, 0.2) is 0 Å². The number of hydrogen-bond acceptors (Lipinski definition) is 2. The molecule has 0 saturated carbocycles. The van der Waals surface area contributed by atoms with E-state index in [9.17, 15) is 0 Å². The van der Waals surface area contributed by atoms with Crippen LogP contribution in [0.3, 0.4) is 0 Å². The van der Waals surface area contributed by atoms with E-state index in [4.69, 9.17) is 4.98 Å². The third-order valence-electron chi connectivity index (χ3n) is 4.96. The van der Waals surface area contributed by atoms with Gasteiger partial charge < -0.3 is 9.88 Å². The summed E-state index contributed by atoms with van der Waals surface area (Å²) in [7, 11) is 0. The summed E-state index contributed by atoms with van der Waals surface area (Å²) in [6.07, 6.45) is 7.20. The van der Waals surface area contributed by atoms with E-state index in [1.54, 1.807) is 0 Å². The molecule has 110 valence electrons. The minimum absolute atomic E-state index is 0.460. The molecular formula is C18H23N3. The van der Waals surface area contributed by atoms with Gasteiger partial charge in [-0.25, -0.2) is 4.98 Å². The normalized spacial score (nSPS) is 20.5. The first-order chi connectivity index (χ1) is 10.4. The monoisotopic (exact) mass is 281 g/mol. The predicted octanol–water partition coefficient (Wildman–Crippen LogP) is 3.73. The van der Waals surface area contributed by atoms with Crippen molar-refractivity contribution in [3.8, 4) is 0 Å². The highest BCUT2D eigenvalue weighted by molar-refractivity contribution is 5.41. The highest BCUT2D eigenvalue weighted by Gasteiger charge is 2.28. The second-order valence-corrected chi connectivity index (χ2v) is 6.23. The zero-order valence-corrected chi connectivity index (χ0v) is 12.7. The molecule has 1 aliphatic carbocycles. The molecule has 1 aliphatic heterocycles. The highest BCUT2D eigenvalue weighted by atomic mass is 15.3. The van der Waals surface area contributed by atoms with Crippen LogP contribution >= 0.6 is 0 Å². The molecule has 0 amide bonds. The number of aryl methyl sites for hydroxylation is 2. The Morgan fingerprint density at radius 1 is 1.19 bits per heavy atom. The van der Waals surface area contributed by atoms with Gasteiger partial charge >= 0.3 is 0 Å². The highest BCUT2D eigenvalue weighted by Crippen LogP contribution is 2.35. The van der Waals surface area contributed by atoms with Crippen molar-refractivity contribution < 1.29 is 0 Å². The van der Waals surface area contributed by atoms with E-state index >= 15 is 0 Å². The zero-order valence-electron chi connectivity index (χ0n) is 12.7. The van der Waals surface area contributed by atoms with Crippen molar-refractivity contribution in [1.29, 1.82) is 0 Å². The molecule has 21 heavy (non-hydrogen) atoms. The standard InChI is InChI=1S/C18H23N3/c1-2-13-7-9-14(10-8-13)16-11-12-19-18-20-15-5-3-4-6-17(15)21(16)18/h7-10,16H,2-6,11-12H2,1H3,(H,19,20). The fraction of sp³-hybridized carbons (Fsp3) is 0.500. The second-order valence-electron chi connectivity index (χ2n) is 6.23. The maximum Gasteiger partial charge on any atom is 0.203 e. The van der Waals surface area contributed by atoms with Gasteiger partial charge in [-0.05, 0) is 49.7 Å². The average Bonchev–Trinajstić information content (AvgIpc) is 2.93.